The van der Waals surface area contributed by atoms with Gasteiger partial charge in [0, 0.05) is 18.0 Å². The summed E-state index contributed by atoms with van der Waals surface area (Å²) in [7, 11) is -3.69. The second-order valence-electron chi connectivity index (χ2n) is 4.07. The number of benzene rings is 1. The summed E-state index contributed by atoms with van der Waals surface area (Å²) in [5.74, 6) is 0.874. The van der Waals surface area contributed by atoms with Gasteiger partial charge in [-0.3, -0.25) is 0 Å². The Bertz CT molecular complexity index is 714. The molecule has 1 aromatic carbocycles. The fourth-order valence-corrected chi connectivity index (χ4v) is 2.90. The lowest BCUT2D eigenvalue weighted by molar-refractivity contribution is 0.375. The molecule has 0 atom stereocenters. The zero-order chi connectivity index (χ0) is 14.8. The Morgan fingerprint density at radius 1 is 1.45 bits per heavy atom. The maximum Gasteiger partial charge on any atom is 0.242 e. The van der Waals surface area contributed by atoms with Crippen LogP contribution in [0.4, 0.5) is 5.69 Å². The highest BCUT2D eigenvalue weighted by Crippen LogP contribution is 2.22. The van der Waals surface area contributed by atoms with Crippen molar-refractivity contribution in [3.05, 3.63) is 34.9 Å². The standard InChI is InChI=1S/C11H13ClN4O3S/c1-7-15-11(19-16-7)4-5-14-20(17,18)10-3-2-8(12)6-9(10)13/h2-3,6,14H,4-5,13H2,1H3. The van der Waals surface area contributed by atoms with Gasteiger partial charge in [0.05, 0.1) is 5.69 Å². The molecule has 2 aromatic rings. The first-order valence-electron chi connectivity index (χ1n) is 5.72. The van der Waals surface area contributed by atoms with E-state index in [0.29, 0.717) is 23.2 Å². The van der Waals surface area contributed by atoms with Crippen molar-refractivity contribution in [3.63, 3.8) is 0 Å². The first-order chi connectivity index (χ1) is 9.38. The van der Waals surface area contributed by atoms with Crippen molar-refractivity contribution in [2.75, 3.05) is 12.3 Å². The summed E-state index contributed by atoms with van der Waals surface area (Å²) in [4.78, 5) is 3.97. The predicted octanol–water partition coefficient (Wildman–Crippen LogP) is 1.13. The highest BCUT2D eigenvalue weighted by atomic mass is 35.5. The number of rotatable bonds is 5. The Morgan fingerprint density at radius 2 is 2.20 bits per heavy atom. The predicted molar refractivity (Wildman–Crippen MR) is 73.8 cm³/mol. The molecule has 0 amide bonds. The smallest absolute Gasteiger partial charge is 0.242 e. The van der Waals surface area contributed by atoms with Gasteiger partial charge in [-0.25, -0.2) is 13.1 Å². The van der Waals surface area contributed by atoms with E-state index >= 15 is 0 Å². The molecule has 0 fully saturated rings. The van der Waals surface area contributed by atoms with Gasteiger partial charge in [0.1, 0.15) is 4.90 Å². The number of hydrogen-bond acceptors (Lipinski definition) is 6. The number of halogens is 1. The normalized spacial score (nSPS) is 11.7. The van der Waals surface area contributed by atoms with Gasteiger partial charge >= 0.3 is 0 Å². The number of hydrogen-bond donors (Lipinski definition) is 2. The summed E-state index contributed by atoms with van der Waals surface area (Å²) < 4.78 is 31.4. The lowest BCUT2D eigenvalue weighted by Crippen LogP contribution is -2.26. The monoisotopic (exact) mass is 316 g/mol. The Kier molecular flexibility index (Phi) is 4.26. The second-order valence-corrected chi connectivity index (χ2v) is 6.24. The topological polar surface area (TPSA) is 111 Å². The average molecular weight is 317 g/mol. The molecular weight excluding hydrogens is 304 g/mol. The summed E-state index contributed by atoms with van der Waals surface area (Å²) in [5.41, 5.74) is 5.75. The van der Waals surface area contributed by atoms with Gasteiger partial charge in [-0.15, -0.1) is 0 Å². The Morgan fingerprint density at radius 3 is 2.80 bits per heavy atom. The lowest BCUT2D eigenvalue weighted by Gasteiger charge is -2.08. The fourth-order valence-electron chi connectivity index (χ4n) is 1.58. The summed E-state index contributed by atoms with van der Waals surface area (Å²) in [6.07, 6.45) is 0.299. The van der Waals surface area contributed by atoms with Gasteiger partial charge in [-0.05, 0) is 25.1 Å². The van der Waals surface area contributed by atoms with Crippen LogP contribution in [0.25, 0.3) is 0 Å². The molecule has 0 unspecified atom stereocenters. The third-order valence-electron chi connectivity index (χ3n) is 2.46. The molecule has 0 aliphatic rings. The van der Waals surface area contributed by atoms with E-state index in [1.165, 1.54) is 18.2 Å². The zero-order valence-electron chi connectivity index (χ0n) is 10.6. The number of nitrogen functional groups attached to an aromatic ring is 1. The van der Waals surface area contributed by atoms with E-state index in [0.717, 1.165) is 0 Å². The van der Waals surface area contributed by atoms with E-state index in [2.05, 4.69) is 14.9 Å². The number of anilines is 1. The lowest BCUT2D eigenvalue weighted by atomic mass is 10.3. The minimum absolute atomic E-state index is 0.0105. The summed E-state index contributed by atoms with van der Waals surface area (Å²) in [6, 6.07) is 4.21. The van der Waals surface area contributed by atoms with Crippen LogP contribution >= 0.6 is 11.6 Å². The maximum absolute atomic E-state index is 12.1. The number of nitrogens with two attached hydrogens (primary N) is 1. The molecule has 1 heterocycles. The molecule has 9 heteroatoms. The van der Waals surface area contributed by atoms with Crippen molar-refractivity contribution in [2.45, 2.75) is 18.2 Å². The number of aryl methyl sites for hydroxylation is 1. The van der Waals surface area contributed by atoms with E-state index in [-0.39, 0.29) is 17.1 Å². The van der Waals surface area contributed by atoms with E-state index in [4.69, 9.17) is 21.9 Å². The van der Waals surface area contributed by atoms with Crippen molar-refractivity contribution in [1.82, 2.24) is 14.9 Å². The number of aromatic nitrogens is 2. The van der Waals surface area contributed by atoms with Crippen LogP contribution in [0.15, 0.2) is 27.6 Å². The molecule has 0 bridgehead atoms. The van der Waals surface area contributed by atoms with E-state index < -0.39 is 10.0 Å². The SMILES string of the molecule is Cc1noc(CCNS(=O)(=O)c2ccc(Cl)cc2N)n1. The van der Waals surface area contributed by atoms with Gasteiger partial charge < -0.3 is 10.3 Å². The molecule has 0 radical (unpaired) electrons. The average Bonchev–Trinajstić information content (AvgIpc) is 2.74. The summed E-state index contributed by atoms with van der Waals surface area (Å²) >= 11 is 5.73. The van der Waals surface area contributed by atoms with Gasteiger partial charge in [-0.2, -0.15) is 4.98 Å². The molecule has 7 nitrogen and oxygen atoms in total. The molecule has 3 N–H and O–H groups in total. The Labute approximate surface area is 121 Å². The molecule has 0 spiro atoms. The molecular formula is C11H13ClN4O3S. The molecule has 0 saturated carbocycles. The highest BCUT2D eigenvalue weighted by molar-refractivity contribution is 7.89. The highest BCUT2D eigenvalue weighted by Gasteiger charge is 2.17. The molecule has 2 rings (SSSR count). The van der Waals surface area contributed by atoms with Crippen molar-refractivity contribution in [3.8, 4) is 0 Å². The number of sulfonamides is 1. The first-order valence-corrected chi connectivity index (χ1v) is 7.58. The minimum Gasteiger partial charge on any atom is -0.398 e. The van der Waals surface area contributed by atoms with Crippen LogP contribution in [0.5, 0.6) is 0 Å². The number of nitrogens with zero attached hydrogens (tertiary/aromatic N) is 2. The second kappa shape index (κ2) is 5.78. The molecule has 20 heavy (non-hydrogen) atoms. The van der Waals surface area contributed by atoms with Crippen LogP contribution in [-0.2, 0) is 16.4 Å². The van der Waals surface area contributed by atoms with E-state index in [1.807, 2.05) is 0 Å². The zero-order valence-corrected chi connectivity index (χ0v) is 12.2. The molecule has 108 valence electrons. The first kappa shape index (κ1) is 14.8. The fraction of sp³-hybridized carbons (Fsp3) is 0.273. The van der Waals surface area contributed by atoms with Gasteiger partial charge in [-0.1, -0.05) is 16.8 Å². The molecule has 0 saturated heterocycles. The van der Waals surface area contributed by atoms with Crippen LogP contribution in [0, 0.1) is 6.92 Å². The number of nitrogens with one attached hydrogen (secondary N) is 1. The Balaban J connectivity index is 2.04. The molecule has 0 aliphatic carbocycles. The molecule has 1 aromatic heterocycles. The van der Waals surface area contributed by atoms with Gasteiger partial charge in [0.2, 0.25) is 15.9 Å². The van der Waals surface area contributed by atoms with Crippen LogP contribution in [0.2, 0.25) is 5.02 Å². The third kappa shape index (κ3) is 3.47. The maximum atomic E-state index is 12.1. The quantitative estimate of drug-likeness (QED) is 0.800. The van der Waals surface area contributed by atoms with Gasteiger partial charge in [0.15, 0.2) is 5.82 Å². The van der Waals surface area contributed by atoms with Crippen molar-refractivity contribution < 1.29 is 12.9 Å². The molecule has 0 aliphatic heterocycles. The Hall–Kier alpha value is -1.64. The third-order valence-corrected chi connectivity index (χ3v) is 4.23. The van der Waals surface area contributed by atoms with Gasteiger partial charge in [0.25, 0.3) is 0 Å². The van der Waals surface area contributed by atoms with Crippen LogP contribution < -0.4 is 10.5 Å². The van der Waals surface area contributed by atoms with Crippen LogP contribution in [-0.4, -0.2) is 25.1 Å². The van der Waals surface area contributed by atoms with E-state index in [1.54, 1.807) is 6.92 Å². The van der Waals surface area contributed by atoms with Crippen LogP contribution in [0.1, 0.15) is 11.7 Å². The van der Waals surface area contributed by atoms with Crippen molar-refractivity contribution in [2.24, 2.45) is 0 Å². The van der Waals surface area contributed by atoms with E-state index in [9.17, 15) is 8.42 Å². The van der Waals surface area contributed by atoms with Crippen molar-refractivity contribution in [1.29, 1.82) is 0 Å². The van der Waals surface area contributed by atoms with Crippen LogP contribution in [0.3, 0.4) is 0 Å². The summed E-state index contributed by atoms with van der Waals surface area (Å²) in [6.45, 7) is 1.82. The largest absolute Gasteiger partial charge is 0.398 e. The van der Waals surface area contributed by atoms with Crippen molar-refractivity contribution >= 4 is 27.3 Å². The minimum atomic E-state index is -3.69. The summed E-state index contributed by atoms with van der Waals surface area (Å²) in [5, 5.41) is 3.99.